The van der Waals surface area contributed by atoms with Gasteiger partial charge in [0.1, 0.15) is 5.75 Å². The summed E-state index contributed by atoms with van der Waals surface area (Å²) in [6.45, 7) is 1.78. The summed E-state index contributed by atoms with van der Waals surface area (Å²) < 4.78 is 41.5. The van der Waals surface area contributed by atoms with Crippen LogP contribution in [0.1, 0.15) is 16.7 Å². The molecular formula is C19H22F3N3O. The zero-order chi connectivity index (χ0) is 19.0. The Kier molecular flexibility index (Phi) is 6.89. The van der Waals surface area contributed by atoms with E-state index in [9.17, 15) is 13.2 Å². The van der Waals surface area contributed by atoms with Crippen molar-refractivity contribution in [3.8, 4) is 5.75 Å². The molecule has 0 amide bonds. The van der Waals surface area contributed by atoms with E-state index in [0.717, 1.165) is 11.1 Å². The number of guanidine groups is 1. The van der Waals surface area contributed by atoms with Crippen LogP contribution in [0.15, 0.2) is 53.5 Å². The highest BCUT2D eigenvalue weighted by molar-refractivity contribution is 5.79. The summed E-state index contributed by atoms with van der Waals surface area (Å²) in [6, 6.07) is 14.6. The van der Waals surface area contributed by atoms with Crippen LogP contribution in [-0.4, -0.2) is 25.8 Å². The maximum atomic E-state index is 12.2. The third kappa shape index (κ3) is 6.66. The first kappa shape index (κ1) is 19.6. The Morgan fingerprint density at radius 1 is 1.04 bits per heavy atom. The third-order valence-corrected chi connectivity index (χ3v) is 3.69. The lowest BCUT2D eigenvalue weighted by atomic mass is 10.1. The van der Waals surface area contributed by atoms with E-state index in [1.165, 1.54) is 11.6 Å². The minimum absolute atomic E-state index is 0.185. The largest absolute Gasteiger partial charge is 0.484 e. The van der Waals surface area contributed by atoms with E-state index in [1.807, 2.05) is 37.3 Å². The summed E-state index contributed by atoms with van der Waals surface area (Å²) in [5, 5.41) is 6.35. The van der Waals surface area contributed by atoms with E-state index in [0.29, 0.717) is 19.0 Å². The van der Waals surface area contributed by atoms with Crippen molar-refractivity contribution in [2.24, 2.45) is 4.99 Å². The van der Waals surface area contributed by atoms with Crippen molar-refractivity contribution < 1.29 is 17.9 Å². The van der Waals surface area contributed by atoms with Gasteiger partial charge in [0.25, 0.3) is 0 Å². The fraction of sp³-hybridized carbons (Fsp3) is 0.316. The minimum Gasteiger partial charge on any atom is -0.484 e. The Morgan fingerprint density at radius 2 is 1.77 bits per heavy atom. The number of rotatable bonds is 6. The Labute approximate surface area is 151 Å². The number of nitrogens with zero attached hydrogens (tertiary/aromatic N) is 1. The van der Waals surface area contributed by atoms with Crippen LogP contribution in [0.2, 0.25) is 0 Å². The summed E-state index contributed by atoms with van der Waals surface area (Å²) in [7, 11) is 1.66. The molecule has 0 radical (unpaired) electrons. The molecular weight excluding hydrogens is 343 g/mol. The van der Waals surface area contributed by atoms with Crippen LogP contribution in [0.4, 0.5) is 13.2 Å². The number of alkyl halides is 3. The lowest BCUT2D eigenvalue weighted by Crippen LogP contribution is -2.36. The number of nitrogens with one attached hydrogen (secondary N) is 2. The van der Waals surface area contributed by atoms with Crippen molar-refractivity contribution in [1.82, 2.24) is 10.6 Å². The van der Waals surface area contributed by atoms with Gasteiger partial charge in [0, 0.05) is 20.1 Å². The number of hydrogen-bond acceptors (Lipinski definition) is 2. The van der Waals surface area contributed by atoms with Gasteiger partial charge in [-0.05, 0) is 35.7 Å². The van der Waals surface area contributed by atoms with Crippen molar-refractivity contribution >= 4 is 5.96 Å². The molecule has 0 aliphatic heterocycles. The van der Waals surface area contributed by atoms with Gasteiger partial charge in [0.05, 0.1) is 0 Å². The fourth-order valence-electron chi connectivity index (χ4n) is 2.30. The summed E-state index contributed by atoms with van der Waals surface area (Å²) in [5.41, 5.74) is 3.14. The van der Waals surface area contributed by atoms with Gasteiger partial charge in [0.2, 0.25) is 0 Å². The summed E-state index contributed by atoms with van der Waals surface area (Å²) >= 11 is 0. The summed E-state index contributed by atoms with van der Waals surface area (Å²) in [4.78, 5) is 4.15. The molecule has 0 saturated carbocycles. The van der Waals surface area contributed by atoms with E-state index in [-0.39, 0.29) is 5.75 Å². The average molecular weight is 365 g/mol. The number of aliphatic imine (C=N–C) groups is 1. The second kappa shape index (κ2) is 9.12. The molecule has 0 saturated heterocycles. The molecule has 0 aliphatic rings. The highest BCUT2D eigenvalue weighted by Gasteiger charge is 2.28. The minimum atomic E-state index is -4.35. The zero-order valence-corrected chi connectivity index (χ0v) is 14.7. The quantitative estimate of drug-likeness (QED) is 0.605. The van der Waals surface area contributed by atoms with Crippen molar-refractivity contribution in [3.05, 3.63) is 65.2 Å². The van der Waals surface area contributed by atoms with Crippen molar-refractivity contribution in [2.45, 2.75) is 26.2 Å². The smallest absolute Gasteiger partial charge is 0.422 e. The fourth-order valence-corrected chi connectivity index (χ4v) is 2.30. The lowest BCUT2D eigenvalue weighted by molar-refractivity contribution is -0.153. The van der Waals surface area contributed by atoms with Crippen LogP contribution in [0.5, 0.6) is 5.75 Å². The molecule has 0 heterocycles. The van der Waals surface area contributed by atoms with Crippen LogP contribution < -0.4 is 15.4 Å². The summed E-state index contributed by atoms with van der Waals surface area (Å²) in [6.07, 6.45) is -4.35. The molecule has 0 spiro atoms. The van der Waals surface area contributed by atoms with Gasteiger partial charge >= 0.3 is 6.18 Å². The van der Waals surface area contributed by atoms with Crippen LogP contribution in [0, 0.1) is 6.92 Å². The molecule has 0 bridgehead atoms. The highest BCUT2D eigenvalue weighted by Crippen LogP contribution is 2.19. The second-order valence-corrected chi connectivity index (χ2v) is 5.76. The molecule has 0 fully saturated rings. The van der Waals surface area contributed by atoms with Gasteiger partial charge in [-0.25, -0.2) is 0 Å². The maximum Gasteiger partial charge on any atom is 0.422 e. The van der Waals surface area contributed by atoms with E-state index in [4.69, 9.17) is 4.74 Å². The Balaban J connectivity index is 1.87. The van der Waals surface area contributed by atoms with E-state index >= 15 is 0 Å². The molecule has 0 unspecified atom stereocenters. The van der Waals surface area contributed by atoms with Crippen LogP contribution in [0.25, 0.3) is 0 Å². The first-order chi connectivity index (χ1) is 12.4. The molecule has 2 N–H and O–H groups in total. The molecule has 2 aromatic rings. The number of hydrogen-bond donors (Lipinski definition) is 2. The molecule has 4 nitrogen and oxygen atoms in total. The topological polar surface area (TPSA) is 45.7 Å². The standard InChI is InChI=1S/C19H22F3N3O/c1-14-6-3-4-8-16(14)12-25-18(23-2)24-11-15-7-5-9-17(10-15)26-13-19(20,21)22/h3-10H,11-13H2,1-2H3,(H2,23,24,25). The van der Waals surface area contributed by atoms with Crippen molar-refractivity contribution in [2.75, 3.05) is 13.7 Å². The number of ether oxygens (including phenoxy) is 1. The summed E-state index contributed by atoms with van der Waals surface area (Å²) in [5.74, 6) is 0.791. The normalized spacial score (nSPS) is 12.0. The molecule has 0 aromatic heterocycles. The third-order valence-electron chi connectivity index (χ3n) is 3.69. The Morgan fingerprint density at radius 3 is 2.46 bits per heavy atom. The Bertz CT molecular complexity index is 745. The van der Waals surface area contributed by atoms with Crippen molar-refractivity contribution in [1.29, 1.82) is 0 Å². The van der Waals surface area contributed by atoms with Gasteiger partial charge < -0.3 is 15.4 Å². The van der Waals surface area contributed by atoms with E-state index < -0.39 is 12.8 Å². The predicted octanol–water partition coefficient (Wildman–Crippen LogP) is 3.80. The maximum absolute atomic E-state index is 12.2. The predicted molar refractivity (Wildman–Crippen MR) is 96.2 cm³/mol. The lowest BCUT2D eigenvalue weighted by Gasteiger charge is -2.14. The number of halogens is 3. The van der Waals surface area contributed by atoms with Gasteiger partial charge in [0.15, 0.2) is 12.6 Å². The number of benzene rings is 2. The molecule has 0 aliphatic carbocycles. The Hall–Kier alpha value is -2.70. The van der Waals surface area contributed by atoms with Crippen LogP contribution in [0.3, 0.4) is 0 Å². The first-order valence-corrected chi connectivity index (χ1v) is 8.15. The number of aryl methyl sites for hydroxylation is 1. The monoisotopic (exact) mass is 365 g/mol. The first-order valence-electron chi connectivity index (χ1n) is 8.15. The molecule has 7 heteroatoms. The van der Waals surface area contributed by atoms with Gasteiger partial charge in [-0.2, -0.15) is 13.2 Å². The molecule has 140 valence electrons. The van der Waals surface area contributed by atoms with E-state index in [2.05, 4.69) is 15.6 Å². The van der Waals surface area contributed by atoms with E-state index in [1.54, 1.807) is 19.2 Å². The molecule has 2 aromatic carbocycles. The van der Waals surface area contributed by atoms with Crippen LogP contribution >= 0.6 is 0 Å². The van der Waals surface area contributed by atoms with Crippen molar-refractivity contribution in [3.63, 3.8) is 0 Å². The van der Waals surface area contributed by atoms with Gasteiger partial charge in [-0.3, -0.25) is 4.99 Å². The van der Waals surface area contributed by atoms with Crippen LogP contribution in [-0.2, 0) is 13.1 Å². The van der Waals surface area contributed by atoms with Gasteiger partial charge in [-0.1, -0.05) is 36.4 Å². The second-order valence-electron chi connectivity index (χ2n) is 5.76. The molecule has 0 atom stereocenters. The molecule has 26 heavy (non-hydrogen) atoms. The highest BCUT2D eigenvalue weighted by atomic mass is 19.4. The zero-order valence-electron chi connectivity index (χ0n) is 14.7. The average Bonchev–Trinajstić information content (AvgIpc) is 2.61. The van der Waals surface area contributed by atoms with Gasteiger partial charge in [-0.15, -0.1) is 0 Å². The molecule has 2 rings (SSSR count). The SMILES string of the molecule is CN=C(NCc1cccc(OCC(F)(F)F)c1)NCc1ccccc1C.